The van der Waals surface area contributed by atoms with Gasteiger partial charge in [-0.25, -0.2) is 9.98 Å². The molecule has 6 heteroatoms. The number of hydrogen-bond acceptors (Lipinski definition) is 3. The van der Waals surface area contributed by atoms with E-state index in [4.69, 9.17) is 5.73 Å². The molecule has 0 saturated carbocycles. The van der Waals surface area contributed by atoms with E-state index in [1.807, 2.05) is 7.05 Å². The zero-order valence-corrected chi connectivity index (χ0v) is 10.3. The molecule has 6 nitrogen and oxygen atoms in total. The molecule has 17 heavy (non-hydrogen) atoms. The van der Waals surface area contributed by atoms with Gasteiger partial charge in [0, 0.05) is 20.1 Å². The van der Waals surface area contributed by atoms with Gasteiger partial charge in [-0.05, 0) is 12.8 Å². The Balaban J connectivity index is 1.91. The lowest BCUT2D eigenvalue weighted by molar-refractivity contribution is 0.428. The quantitative estimate of drug-likeness (QED) is 0.599. The van der Waals surface area contributed by atoms with E-state index in [0.29, 0.717) is 18.3 Å². The molecular formula is C11H20N6. The highest BCUT2D eigenvalue weighted by Gasteiger charge is 2.10. The summed E-state index contributed by atoms with van der Waals surface area (Å²) in [7, 11) is 1.85. The van der Waals surface area contributed by atoms with Crippen LogP contribution in [0.4, 0.5) is 0 Å². The van der Waals surface area contributed by atoms with Gasteiger partial charge in [0.1, 0.15) is 12.9 Å². The van der Waals surface area contributed by atoms with Gasteiger partial charge in [0.05, 0.1) is 0 Å². The van der Waals surface area contributed by atoms with Crippen LogP contribution in [0.2, 0.25) is 0 Å². The van der Waals surface area contributed by atoms with Crippen molar-refractivity contribution in [3.05, 3.63) is 12.2 Å². The summed E-state index contributed by atoms with van der Waals surface area (Å²) < 4.78 is 1.67. The van der Waals surface area contributed by atoms with E-state index in [9.17, 15) is 0 Å². The van der Waals surface area contributed by atoms with Crippen molar-refractivity contribution in [1.82, 2.24) is 19.7 Å². The first kappa shape index (κ1) is 11.9. The van der Waals surface area contributed by atoms with E-state index in [2.05, 4.69) is 20.0 Å². The molecule has 2 N–H and O–H groups in total. The summed E-state index contributed by atoms with van der Waals surface area (Å²) in [6, 6.07) is 0. The van der Waals surface area contributed by atoms with Crippen LogP contribution in [-0.2, 0) is 13.6 Å². The summed E-state index contributed by atoms with van der Waals surface area (Å²) >= 11 is 0. The molecule has 0 unspecified atom stereocenters. The summed E-state index contributed by atoms with van der Waals surface area (Å²) in [5.41, 5.74) is 5.99. The third-order valence-corrected chi connectivity index (χ3v) is 2.96. The molecule has 0 amide bonds. The first-order valence-corrected chi connectivity index (χ1v) is 6.15. The lowest BCUT2D eigenvalue weighted by Crippen LogP contribution is -2.38. The minimum absolute atomic E-state index is 0.461. The number of aromatic nitrogens is 3. The van der Waals surface area contributed by atoms with Crippen molar-refractivity contribution in [3.8, 4) is 0 Å². The Bertz CT molecular complexity index is 375. The number of rotatable bonds is 2. The number of nitrogens with zero attached hydrogens (tertiary/aromatic N) is 5. The van der Waals surface area contributed by atoms with E-state index in [0.717, 1.165) is 13.1 Å². The maximum atomic E-state index is 5.99. The van der Waals surface area contributed by atoms with Crippen LogP contribution < -0.4 is 5.73 Å². The van der Waals surface area contributed by atoms with Crippen molar-refractivity contribution in [2.24, 2.45) is 17.8 Å². The molecule has 0 atom stereocenters. The predicted molar refractivity (Wildman–Crippen MR) is 66.4 cm³/mol. The molecule has 0 aromatic carbocycles. The highest BCUT2D eigenvalue weighted by atomic mass is 15.3. The fourth-order valence-electron chi connectivity index (χ4n) is 2.01. The van der Waals surface area contributed by atoms with Gasteiger partial charge in [0.2, 0.25) is 0 Å². The van der Waals surface area contributed by atoms with Crippen LogP contribution in [0.5, 0.6) is 0 Å². The smallest absolute Gasteiger partial charge is 0.191 e. The van der Waals surface area contributed by atoms with Crippen molar-refractivity contribution in [1.29, 1.82) is 0 Å². The topological polar surface area (TPSA) is 72.3 Å². The van der Waals surface area contributed by atoms with Crippen LogP contribution in [0.1, 0.15) is 31.5 Å². The second kappa shape index (κ2) is 5.65. The van der Waals surface area contributed by atoms with Gasteiger partial charge >= 0.3 is 0 Å². The molecule has 1 saturated heterocycles. The first-order chi connectivity index (χ1) is 8.25. The molecule has 1 aliphatic rings. The number of aliphatic imine (C=N–C) groups is 1. The largest absolute Gasteiger partial charge is 0.370 e. The Morgan fingerprint density at radius 2 is 2.06 bits per heavy atom. The van der Waals surface area contributed by atoms with Crippen LogP contribution in [0.25, 0.3) is 0 Å². The van der Waals surface area contributed by atoms with Crippen molar-refractivity contribution in [2.45, 2.75) is 32.2 Å². The standard InChI is InChI=1S/C11H20N6/c1-16-9-14-10(15-16)8-13-11(12)17-6-4-2-3-5-7-17/h9H,2-8H2,1H3,(H2,12,13). The summed E-state index contributed by atoms with van der Waals surface area (Å²) in [6.07, 6.45) is 6.68. The molecule has 1 aromatic heterocycles. The van der Waals surface area contributed by atoms with Crippen LogP contribution in [0.15, 0.2) is 11.3 Å². The fourth-order valence-corrected chi connectivity index (χ4v) is 2.01. The van der Waals surface area contributed by atoms with Gasteiger partial charge in [-0.15, -0.1) is 0 Å². The number of guanidine groups is 1. The lowest BCUT2D eigenvalue weighted by atomic mass is 10.2. The third-order valence-electron chi connectivity index (χ3n) is 2.96. The number of hydrogen-bond donors (Lipinski definition) is 1. The fraction of sp³-hybridized carbons (Fsp3) is 0.727. The lowest BCUT2D eigenvalue weighted by Gasteiger charge is -2.20. The van der Waals surface area contributed by atoms with Crippen LogP contribution in [-0.4, -0.2) is 38.7 Å². The Kier molecular flexibility index (Phi) is 3.95. The minimum Gasteiger partial charge on any atom is -0.370 e. The normalized spacial score (nSPS) is 18.2. The second-order valence-corrected chi connectivity index (χ2v) is 4.41. The van der Waals surface area contributed by atoms with E-state index in [-0.39, 0.29) is 0 Å². The molecule has 0 spiro atoms. The van der Waals surface area contributed by atoms with Crippen LogP contribution in [0, 0.1) is 0 Å². The van der Waals surface area contributed by atoms with Crippen molar-refractivity contribution in [2.75, 3.05) is 13.1 Å². The van der Waals surface area contributed by atoms with Crippen LogP contribution >= 0.6 is 0 Å². The van der Waals surface area contributed by atoms with Gasteiger partial charge < -0.3 is 10.6 Å². The maximum Gasteiger partial charge on any atom is 0.191 e. The van der Waals surface area contributed by atoms with Crippen LogP contribution in [0.3, 0.4) is 0 Å². The molecule has 1 fully saturated rings. The van der Waals surface area contributed by atoms with Gasteiger partial charge in [-0.2, -0.15) is 5.10 Å². The summed E-state index contributed by atoms with van der Waals surface area (Å²) in [6.45, 7) is 2.50. The van der Waals surface area contributed by atoms with E-state index in [1.165, 1.54) is 25.7 Å². The Morgan fingerprint density at radius 3 is 2.65 bits per heavy atom. The maximum absolute atomic E-state index is 5.99. The van der Waals surface area contributed by atoms with E-state index >= 15 is 0 Å². The number of aryl methyl sites for hydroxylation is 1. The SMILES string of the molecule is Cn1cnc(CN=C(N)N2CCCCCC2)n1. The summed E-state index contributed by atoms with van der Waals surface area (Å²) in [4.78, 5) is 10.6. The summed E-state index contributed by atoms with van der Waals surface area (Å²) in [5, 5.41) is 4.17. The first-order valence-electron chi connectivity index (χ1n) is 6.15. The Labute approximate surface area is 102 Å². The molecule has 1 aliphatic heterocycles. The number of nitrogens with two attached hydrogens (primary N) is 1. The molecule has 0 aliphatic carbocycles. The minimum atomic E-state index is 0.461. The summed E-state index contributed by atoms with van der Waals surface area (Å²) in [5.74, 6) is 1.34. The van der Waals surface area contributed by atoms with Gasteiger partial charge in [0.25, 0.3) is 0 Å². The van der Waals surface area contributed by atoms with Gasteiger partial charge in [0.15, 0.2) is 11.8 Å². The highest BCUT2D eigenvalue weighted by molar-refractivity contribution is 5.78. The molecular weight excluding hydrogens is 216 g/mol. The van der Waals surface area contributed by atoms with E-state index in [1.54, 1.807) is 11.0 Å². The zero-order valence-electron chi connectivity index (χ0n) is 10.3. The average molecular weight is 236 g/mol. The van der Waals surface area contributed by atoms with Gasteiger partial charge in [-0.3, -0.25) is 4.68 Å². The van der Waals surface area contributed by atoms with Crippen molar-refractivity contribution < 1.29 is 0 Å². The predicted octanol–water partition coefficient (Wildman–Crippen LogP) is 0.506. The number of likely N-dealkylation sites (tertiary alicyclic amines) is 1. The average Bonchev–Trinajstić information content (AvgIpc) is 2.58. The molecule has 1 aromatic rings. The highest BCUT2D eigenvalue weighted by Crippen LogP contribution is 2.09. The molecule has 94 valence electrons. The molecule has 2 rings (SSSR count). The second-order valence-electron chi connectivity index (χ2n) is 4.41. The molecule has 0 bridgehead atoms. The molecule has 0 radical (unpaired) electrons. The molecule has 2 heterocycles. The van der Waals surface area contributed by atoms with E-state index < -0.39 is 0 Å². The Morgan fingerprint density at radius 1 is 1.35 bits per heavy atom. The van der Waals surface area contributed by atoms with Crippen molar-refractivity contribution in [3.63, 3.8) is 0 Å². The Hall–Kier alpha value is -1.59. The van der Waals surface area contributed by atoms with Gasteiger partial charge in [-0.1, -0.05) is 12.8 Å². The third kappa shape index (κ3) is 3.44. The monoisotopic (exact) mass is 236 g/mol. The van der Waals surface area contributed by atoms with Crippen molar-refractivity contribution >= 4 is 5.96 Å². The zero-order chi connectivity index (χ0) is 12.1.